The molecule has 1 heterocycles. The van der Waals surface area contributed by atoms with E-state index in [1.807, 2.05) is 0 Å². The summed E-state index contributed by atoms with van der Waals surface area (Å²) in [4.78, 5) is 3.32. The highest BCUT2D eigenvalue weighted by molar-refractivity contribution is 7.89. The van der Waals surface area contributed by atoms with Gasteiger partial charge in [-0.2, -0.15) is 0 Å². The molecule has 20 heavy (non-hydrogen) atoms. The Morgan fingerprint density at radius 2 is 2.10 bits per heavy atom. The van der Waals surface area contributed by atoms with Crippen LogP contribution < -0.4 is 10.5 Å². The van der Waals surface area contributed by atoms with Gasteiger partial charge in [-0.3, -0.25) is 0 Å². The van der Waals surface area contributed by atoms with Gasteiger partial charge in [0, 0.05) is 18.3 Å². The third kappa shape index (κ3) is 3.11. The lowest BCUT2D eigenvalue weighted by Gasteiger charge is -2.08. The van der Waals surface area contributed by atoms with Crippen molar-refractivity contribution in [3.05, 3.63) is 40.4 Å². The average Bonchev–Trinajstić information content (AvgIpc) is 2.88. The topological polar surface area (TPSA) is 85.1 Å². The molecule has 5 nitrogen and oxygen atoms in total. The zero-order valence-corrected chi connectivity index (χ0v) is 11.8. The number of sulfonamides is 1. The number of aromatic nitrogens is 1. The molecule has 3 N–H and O–H groups in total. The minimum atomic E-state index is -4.08. The highest BCUT2D eigenvalue weighted by atomic mass is 32.2. The molecule has 0 saturated carbocycles. The molecule has 0 unspecified atom stereocenters. The normalized spacial score (nSPS) is 11.7. The lowest BCUT2D eigenvalue weighted by atomic mass is 10.3. The number of anilines is 1. The molecule has 1 aromatic carbocycles. The first-order valence-electron chi connectivity index (χ1n) is 5.52. The van der Waals surface area contributed by atoms with Gasteiger partial charge in [0.05, 0.1) is 11.2 Å². The Kier molecular flexibility index (Phi) is 4.31. The van der Waals surface area contributed by atoms with E-state index in [1.165, 1.54) is 11.3 Å². The van der Waals surface area contributed by atoms with Gasteiger partial charge < -0.3 is 5.73 Å². The number of benzene rings is 1. The quantitative estimate of drug-likeness (QED) is 0.818. The van der Waals surface area contributed by atoms with E-state index < -0.39 is 32.2 Å². The Morgan fingerprint density at radius 1 is 1.35 bits per heavy atom. The molecule has 0 fully saturated rings. The van der Waals surface area contributed by atoms with Crippen LogP contribution in [0.15, 0.2) is 27.9 Å². The molecule has 2 aromatic rings. The summed E-state index contributed by atoms with van der Waals surface area (Å²) in [5.41, 5.74) is 6.68. The van der Waals surface area contributed by atoms with Crippen molar-refractivity contribution in [2.75, 3.05) is 12.3 Å². The Labute approximate surface area is 118 Å². The molecule has 0 radical (unpaired) electrons. The first-order valence-corrected chi connectivity index (χ1v) is 7.94. The van der Waals surface area contributed by atoms with Crippen LogP contribution >= 0.6 is 11.3 Å². The predicted molar refractivity (Wildman–Crippen MR) is 71.8 cm³/mol. The second-order valence-corrected chi connectivity index (χ2v) is 6.35. The highest BCUT2D eigenvalue weighted by Crippen LogP contribution is 2.22. The fraction of sp³-hybridized carbons (Fsp3) is 0.182. The summed E-state index contributed by atoms with van der Waals surface area (Å²) in [6.45, 7) is 0.0583. The van der Waals surface area contributed by atoms with E-state index in [4.69, 9.17) is 5.73 Å². The van der Waals surface area contributed by atoms with Crippen molar-refractivity contribution < 1.29 is 17.2 Å². The predicted octanol–water partition coefficient (Wildman–Crippen LogP) is 1.52. The Balaban J connectivity index is 2.12. The van der Waals surface area contributed by atoms with Crippen LogP contribution in [0.3, 0.4) is 0 Å². The maximum absolute atomic E-state index is 13.7. The first kappa shape index (κ1) is 14.8. The summed E-state index contributed by atoms with van der Waals surface area (Å²) in [6.07, 6.45) is 0.376. The SMILES string of the molecule is Nc1c(F)ccc(S(=O)(=O)NCCc2cscn2)c1F. The maximum Gasteiger partial charge on any atom is 0.243 e. The molecule has 0 aliphatic heterocycles. The minimum absolute atomic E-state index is 0.0583. The largest absolute Gasteiger partial charge is 0.394 e. The van der Waals surface area contributed by atoms with Crippen LogP contribution in [0.25, 0.3) is 0 Å². The van der Waals surface area contributed by atoms with Crippen molar-refractivity contribution in [2.24, 2.45) is 0 Å². The van der Waals surface area contributed by atoms with E-state index in [9.17, 15) is 17.2 Å². The Bertz CT molecular complexity index is 703. The lowest BCUT2D eigenvalue weighted by molar-refractivity contribution is 0.548. The zero-order valence-electron chi connectivity index (χ0n) is 10.1. The molecule has 0 amide bonds. The van der Waals surface area contributed by atoms with Gasteiger partial charge >= 0.3 is 0 Å². The standard InChI is InChI=1S/C11H11F2N3O2S2/c12-8-1-2-9(10(13)11(8)14)20(17,18)16-4-3-7-5-19-6-15-7/h1-2,5-6,16H,3-4,14H2. The molecule has 0 aliphatic rings. The molecule has 0 saturated heterocycles. The number of nitrogen functional groups attached to an aromatic ring is 1. The molecule has 0 atom stereocenters. The van der Waals surface area contributed by atoms with Gasteiger partial charge in [0.1, 0.15) is 16.4 Å². The van der Waals surface area contributed by atoms with Crippen molar-refractivity contribution in [1.29, 1.82) is 0 Å². The second kappa shape index (κ2) is 5.81. The van der Waals surface area contributed by atoms with Crippen molar-refractivity contribution in [3.63, 3.8) is 0 Å². The monoisotopic (exact) mass is 319 g/mol. The van der Waals surface area contributed by atoms with Crippen LogP contribution in [0.2, 0.25) is 0 Å². The van der Waals surface area contributed by atoms with Crippen LogP contribution in [0.4, 0.5) is 14.5 Å². The zero-order chi connectivity index (χ0) is 14.8. The van der Waals surface area contributed by atoms with Crippen LogP contribution in [-0.4, -0.2) is 19.9 Å². The fourth-order valence-electron chi connectivity index (χ4n) is 1.51. The number of hydrogen-bond acceptors (Lipinski definition) is 5. The first-order chi connectivity index (χ1) is 9.42. The Hall–Kier alpha value is -1.58. The smallest absolute Gasteiger partial charge is 0.243 e. The van der Waals surface area contributed by atoms with Crippen molar-refractivity contribution in [2.45, 2.75) is 11.3 Å². The van der Waals surface area contributed by atoms with Crippen LogP contribution in [-0.2, 0) is 16.4 Å². The van der Waals surface area contributed by atoms with Gasteiger partial charge in [-0.05, 0) is 12.1 Å². The van der Waals surface area contributed by atoms with Gasteiger partial charge in [-0.1, -0.05) is 0 Å². The fourth-order valence-corrected chi connectivity index (χ4v) is 3.22. The number of hydrogen-bond donors (Lipinski definition) is 2. The molecule has 0 aliphatic carbocycles. The van der Waals surface area contributed by atoms with Gasteiger partial charge in [0.25, 0.3) is 0 Å². The van der Waals surface area contributed by atoms with E-state index in [-0.39, 0.29) is 6.54 Å². The minimum Gasteiger partial charge on any atom is -0.394 e. The van der Waals surface area contributed by atoms with E-state index >= 15 is 0 Å². The van der Waals surface area contributed by atoms with Gasteiger partial charge in [0.2, 0.25) is 10.0 Å². The van der Waals surface area contributed by atoms with Crippen molar-refractivity contribution in [3.8, 4) is 0 Å². The van der Waals surface area contributed by atoms with Crippen molar-refractivity contribution >= 4 is 27.0 Å². The Morgan fingerprint density at radius 3 is 2.75 bits per heavy atom. The number of nitrogens with two attached hydrogens (primary N) is 1. The summed E-state index contributed by atoms with van der Waals surface area (Å²) < 4.78 is 52.7. The summed E-state index contributed by atoms with van der Waals surface area (Å²) in [6, 6.07) is 1.65. The number of halogens is 2. The average molecular weight is 319 g/mol. The highest BCUT2D eigenvalue weighted by Gasteiger charge is 2.22. The van der Waals surface area contributed by atoms with Crippen molar-refractivity contribution in [1.82, 2.24) is 9.71 Å². The van der Waals surface area contributed by atoms with Gasteiger partial charge in [-0.15, -0.1) is 11.3 Å². The van der Waals surface area contributed by atoms with Crippen LogP contribution in [0.5, 0.6) is 0 Å². The second-order valence-electron chi connectivity index (χ2n) is 3.90. The van der Waals surface area contributed by atoms with E-state index in [1.54, 1.807) is 10.9 Å². The summed E-state index contributed by atoms with van der Waals surface area (Å²) in [5, 5.41) is 1.78. The van der Waals surface area contributed by atoms with Gasteiger partial charge in [-0.25, -0.2) is 26.9 Å². The van der Waals surface area contributed by atoms with Crippen LogP contribution in [0.1, 0.15) is 5.69 Å². The summed E-state index contributed by atoms with van der Waals surface area (Å²) >= 11 is 1.39. The molecule has 108 valence electrons. The van der Waals surface area contributed by atoms with E-state index in [0.29, 0.717) is 6.42 Å². The third-order valence-electron chi connectivity index (χ3n) is 2.54. The summed E-state index contributed by atoms with van der Waals surface area (Å²) in [7, 11) is -4.08. The lowest BCUT2D eigenvalue weighted by Crippen LogP contribution is -2.27. The third-order valence-corrected chi connectivity index (χ3v) is 4.65. The number of nitrogens with one attached hydrogen (secondary N) is 1. The van der Waals surface area contributed by atoms with E-state index in [2.05, 4.69) is 9.71 Å². The number of rotatable bonds is 5. The van der Waals surface area contributed by atoms with E-state index in [0.717, 1.165) is 17.8 Å². The molecule has 0 bridgehead atoms. The number of thiazole rings is 1. The van der Waals surface area contributed by atoms with Crippen LogP contribution in [0, 0.1) is 11.6 Å². The number of nitrogens with zero attached hydrogens (tertiary/aromatic N) is 1. The molecule has 9 heteroatoms. The maximum atomic E-state index is 13.7. The molecule has 2 rings (SSSR count). The summed E-state index contributed by atoms with van der Waals surface area (Å²) in [5.74, 6) is -2.28. The van der Waals surface area contributed by atoms with Gasteiger partial charge in [0.15, 0.2) is 5.82 Å². The molecular formula is C11H11F2N3O2S2. The molecule has 1 aromatic heterocycles. The molecular weight excluding hydrogens is 308 g/mol. The molecule has 0 spiro atoms.